The summed E-state index contributed by atoms with van der Waals surface area (Å²) in [7, 11) is 3.23. The van der Waals surface area contributed by atoms with Crippen LogP contribution >= 0.6 is 0 Å². The van der Waals surface area contributed by atoms with Crippen molar-refractivity contribution in [1.82, 2.24) is 10.2 Å². The first-order chi connectivity index (χ1) is 9.10. The van der Waals surface area contributed by atoms with Crippen LogP contribution in [-0.4, -0.2) is 24.4 Å². The number of nitrogens with zero attached hydrogens (tertiary/aromatic N) is 2. The molecule has 19 heavy (non-hydrogen) atoms. The Labute approximate surface area is 112 Å². The number of anilines is 1. The molecular formula is C14H17N3O2. The normalized spacial score (nSPS) is 10.3. The predicted molar refractivity (Wildman–Crippen MR) is 74.5 cm³/mol. The van der Waals surface area contributed by atoms with Gasteiger partial charge in [0.1, 0.15) is 23.0 Å². The van der Waals surface area contributed by atoms with Crippen LogP contribution in [0.2, 0.25) is 0 Å². The molecule has 0 aliphatic carbocycles. The number of benzene rings is 1. The maximum absolute atomic E-state index is 5.77. The molecule has 0 saturated carbocycles. The largest absolute Gasteiger partial charge is 0.496 e. The van der Waals surface area contributed by atoms with E-state index in [1.165, 1.54) is 0 Å². The molecule has 0 aliphatic heterocycles. The molecule has 2 N–H and O–H groups in total. The highest BCUT2D eigenvalue weighted by Gasteiger charge is 2.18. The predicted octanol–water partition coefficient (Wildman–Crippen LogP) is 2.36. The summed E-state index contributed by atoms with van der Waals surface area (Å²) in [5, 5.41) is 8.17. The second-order valence-electron chi connectivity index (χ2n) is 4.22. The molecule has 0 aliphatic rings. The smallest absolute Gasteiger partial charge is 0.149 e. The average molecular weight is 259 g/mol. The molecule has 0 atom stereocenters. The van der Waals surface area contributed by atoms with Gasteiger partial charge in [0, 0.05) is 0 Å². The summed E-state index contributed by atoms with van der Waals surface area (Å²) in [6.07, 6.45) is 0. The van der Waals surface area contributed by atoms with E-state index < -0.39 is 0 Å². The second-order valence-corrected chi connectivity index (χ2v) is 4.22. The summed E-state index contributed by atoms with van der Waals surface area (Å²) in [6.45, 7) is 3.88. The van der Waals surface area contributed by atoms with Gasteiger partial charge in [-0.25, -0.2) is 0 Å². The third kappa shape index (κ3) is 2.19. The van der Waals surface area contributed by atoms with Crippen LogP contribution in [0.3, 0.4) is 0 Å². The van der Waals surface area contributed by atoms with Crippen molar-refractivity contribution >= 4 is 5.82 Å². The molecule has 0 spiro atoms. The second kappa shape index (κ2) is 5.14. The minimum atomic E-state index is 0.440. The minimum absolute atomic E-state index is 0.440. The van der Waals surface area contributed by atoms with Crippen LogP contribution in [0.4, 0.5) is 5.82 Å². The van der Waals surface area contributed by atoms with E-state index in [4.69, 9.17) is 15.2 Å². The van der Waals surface area contributed by atoms with Crippen LogP contribution in [0.5, 0.6) is 11.5 Å². The van der Waals surface area contributed by atoms with Gasteiger partial charge in [0.25, 0.3) is 0 Å². The molecule has 0 bridgehead atoms. The van der Waals surface area contributed by atoms with Gasteiger partial charge in [0.15, 0.2) is 0 Å². The third-order valence-corrected chi connectivity index (χ3v) is 3.22. The van der Waals surface area contributed by atoms with Crippen LogP contribution in [0.15, 0.2) is 18.2 Å². The molecule has 0 radical (unpaired) electrons. The quantitative estimate of drug-likeness (QED) is 0.916. The molecule has 0 amide bonds. The summed E-state index contributed by atoms with van der Waals surface area (Å²) in [6, 6.07) is 5.60. The summed E-state index contributed by atoms with van der Waals surface area (Å²) >= 11 is 0. The molecule has 1 aromatic carbocycles. The lowest BCUT2D eigenvalue weighted by atomic mass is 10.0. The molecule has 100 valence electrons. The van der Waals surface area contributed by atoms with Crippen molar-refractivity contribution in [2.24, 2.45) is 0 Å². The van der Waals surface area contributed by atoms with Gasteiger partial charge >= 0.3 is 0 Å². The SMILES string of the molecule is COc1cccc(OC)c1-c1nnc(N)c(C)c1C. The van der Waals surface area contributed by atoms with Crippen molar-refractivity contribution in [3.63, 3.8) is 0 Å². The molecular weight excluding hydrogens is 242 g/mol. The molecule has 2 aromatic rings. The first-order valence-corrected chi connectivity index (χ1v) is 5.90. The number of hydrogen-bond donors (Lipinski definition) is 1. The molecule has 1 heterocycles. The fourth-order valence-corrected chi connectivity index (χ4v) is 1.95. The molecule has 0 fully saturated rings. The van der Waals surface area contributed by atoms with E-state index in [9.17, 15) is 0 Å². The van der Waals surface area contributed by atoms with Crippen LogP contribution in [0.1, 0.15) is 11.1 Å². The van der Waals surface area contributed by atoms with Gasteiger partial charge in [0.05, 0.1) is 19.8 Å². The Morgan fingerprint density at radius 3 is 2.05 bits per heavy atom. The van der Waals surface area contributed by atoms with Gasteiger partial charge in [0.2, 0.25) is 0 Å². The topological polar surface area (TPSA) is 70.3 Å². The van der Waals surface area contributed by atoms with Gasteiger partial charge in [-0.2, -0.15) is 0 Å². The standard InChI is InChI=1S/C14H17N3O2/c1-8-9(2)14(15)17-16-13(8)12-10(18-3)6-5-7-11(12)19-4/h5-7H,1-4H3,(H2,15,17). The van der Waals surface area contributed by atoms with Crippen LogP contribution < -0.4 is 15.2 Å². The number of rotatable bonds is 3. The number of nitrogens with two attached hydrogens (primary N) is 1. The molecule has 2 rings (SSSR count). The Morgan fingerprint density at radius 2 is 1.53 bits per heavy atom. The van der Waals surface area contributed by atoms with E-state index in [1.54, 1.807) is 14.2 Å². The van der Waals surface area contributed by atoms with Crippen molar-refractivity contribution in [3.8, 4) is 22.8 Å². The third-order valence-electron chi connectivity index (χ3n) is 3.22. The molecule has 0 unspecified atom stereocenters. The maximum Gasteiger partial charge on any atom is 0.149 e. The first kappa shape index (κ1) is 13.1. The van der Waals surface area contributed by atoms with E-state index in [-0.39, 0.29) is 0 Å². The van der Waals surface area contributed by atoms with E-state index in [2.05, 4.69) is 10.2 Å². The highest BCUT2D eigenvalue weighted by atomic mass is 16.5. The van der Waals surface area contributed by atoms with E-state index >= 15 is 0 Å². The van der Waals surface area contributed by atoms with E-state index in [0.29, 0.717) is 17.3 Å². The van der Waals surface area contributed by atoms with Gasteiger partial charge in [-0.05, 0) is 37.1 Å². The summed E-state index contributed by atoms with van der Waals surface area (Å²) < 4.78 is 10.8. The summed E-state index contributed by atoms with van der Waals surface area (Å²) in [5.41, 5.74) is 9.17. The van der Waals surface area contributed by atoms with Crippen LogP contribution in [-0.2, 0) is 0 Å². The van der Waals surface area contributed by atoms with E-state index in [1.807, 2.05) is 32.0 Å². The lowest BCUT2D eigenvalue weighted by Gasteiger charge is -2.15. The average Bonchev–Trinajstić information content (AvgIpc) is 2.44. The van der Waals surface area contributed by atoms with Gasteiger partial charge in [-0.15, -0.1) is 10.2 Å². The number of ether oxygens (including phenoxy) is 2. The molecule has 1 aromatic heterocycles. The fourth-order valence-electron chi connectivity index (χ4n) is 1.95. The highest BCUT2D eigenvalue weighted by molar-refractivity contribution is 5.77. The number of nitrogen functional groups attached to an aromatic ring is 1. The van der Waals surface area contributed by atoms with Crippen LogP contribution in [0, 0.1) is 13.8 Å². The monoisotopic (exact) mass is 259 g/mol. The Balaban J connectivity index is 2.74. The highest BCUT2D eigenvalue weighted by Crippen LogP contribution is 2.39. The Morgan fingerprint density at radius 1 is 0.947 bits per heavy atom. The number of aromatic nitrogens is 2. The lowest BCUT2D eigenvalue weighted by molar-refractivity contribution is 0.397. The lowest BCUT2D eigenvalue weighted by Crippen LogP contribution is -2.04. The first-order valence-electron chi connectivity index (χ1n) is 5.90. The van der Waals surface area contributed by atoms with E-state index in [0.717, 1.165) is 22.4 Å². The fraction of sp³-hybridized carbons (Fsp3) is 0.286. The molecule has 0 saturated heterocycles. The van der Waals surface area contributed by atoms with Crippen molar-refractivity contribution in [1.29, 1.82) is 0 Å². The number of hydrogen-bond acceptors (Lipinski definition) is 5. The van der Waals surface area contributed by atoms with Crippen molar-refractivity contribution in [3.05, 3.63) is 29.3 Å². The van der Waals surface area contributed by atoms with Crippen molar-refractivity contribution in [2.45, 2.75) is 13.8 Å². The van der Waals surface area contributed by atoms with Crippen molar-refractivity contribution < 1.29 is 9.47 Å². The maximum atomic E-state index is 5.77. The summed E-state index contributed by atoms with van der Waals surface area (Å²) in [4.78, 5) is 0. The Hall–Kier alpha value is -2.30. The number of methoxy groups -OCH3 is 2. The van der Waals surface area contributed by atoms with Gasteiger partial charge in [-0.1, -0.05) is 6.07 Å². The Kier molecular flexibility index (Phi) is 3.55. The van der Waals surface area contributed by atoms with Crippen LogP contribution in [0.25, 0.3) is 11.3 Å². The zero-order valence-corrected chi connectivity index (χ0v) is 11.5. The van der Waals surface area contributed by atoms with Crippen molar-refractivity contribution in [2.75, 3.05) is 20.0 Å². The summed E-state index contributed by atoms with van der Waals surface area (Å²) in [5.74, 6) is 1.83. The molecule has 5 heteroatoms. The zero-order chi connectivity index (χ0) is 14.0. The van der Waals surface area contributed by atoms with Gasteiger partial charge < -0.3 is 15.2 Å². The van der Waals surface area contributed by atoms with Gasteiger partial charge in [-0.3, -0.25) is 0 Å². The Bertz CT molecular complexity index is 590. The molecule has 5 nitrogen and oxygen atoms in total. The minimum Gasteiger partial charge on any atom is -0.496 e. The zero-order valence-electron chi connectivity index (χ0n) is 11.5.